The largest absolute Gasteiger partial charge is 0.325 e. The molecule has 2 saturated carbocycles. The van der Waals surface area contributed by atoms with Crippen molar-refractivity contribution in [2.45, 2.75) is 25.7 Å². The minimum Gasteiger partial charge on any atom is -0.325 e. The standard InChI is InChI=1S/C14H16BrNO/c15-11-7-3-4-8-12(11)16-14(17)13-9-5-1-2-6-10(9)13/h3-4,7-10,13H,1-2,5-6H2,(H,16,17). The van der Waals surface area contributed by atoms with Crippen LogP contribution in [0.1, 0.15) is 25.7 Å². The molecule has 0 bridgehead atoms. The van der Waals surface area contributed by atoms with Gasteiger partial charge in [-0.3, -0.25) is 4.79 Å². The van der Waals surface area contributed by atoms with Crippen molar-refractivity contribution in [2.75, 3.05) is 5.32 Å². The van der Waals surface area contributed by atoms with E-state index in [1.54, 1.807) is 0 Å². The lowest BCUT2D eigenvalue weighted by atomic mass is 10.0. The monoisotopic (exact) mass is 293 g/mol. The number of fused-ring (bicyclic) bond motifs is 1. The summed E-state index contributed by atoms with van der Waals surface area (Å²) in [7, 11) is 0. The van der Waals surface area contributed by atoms with Crippen molar-refractivity contribution in [1.82, 2.24) is 0 Å². The summed E-state index contributed by atoms with van der Waals surface area (Å²) < 4.78 is 0.956. The van der Waals surface area contributed by atoms with Gasteiger partial charge in [-0.15, -0.1) is 0 Å². The number of nitrogens with one attached hydrogen (secondary N) is 1. The molecule has 2 aliphatic rings. The number of benzene rings is 1. The smallest absolute Gasteiger partial charge is 0.228 e. The predicted molar refractivity (Wildman–Crippen MR) is 71.7 cm³/mol. The molecular weight excluding hydrogens is 278 g/mol. The normalized spacial score (nSPS) is 30.5. The summed E-state index contributed by atoms with van der Waals surface area (Å²) in [5.74, 6) is 1.84. The maximum absolute atomic E-state index is 12.2. The second-order valence-electron chi connectivity index (χ2n) is 5.11. The van der Waals surface area contributed by atoms with Crippen LogP contribution in [0.3, 0.4) is 0 Å². The van der Waals surface area contributed by atoms with Crippen molar-refractivity contribution in [3.8, 4) is 0 Å². The average molecular weight is 294 g/mol. The third-order valence-corrected chi connectivity index (χ3v) is 4.78. The Hall–Kier alpha value is -0.830. The number of carbonyl (C=O) groups is 1. The number of hydrogen-bond acceptors (Lipinski definition) is 1. The molecule has 1 aromatic rings. The summed E-state index contributed by atoms with van der Waals surface area (Å²) in [6.45, 7) is 0. The van der Waals surface area contributed by atoms with Gasteiger partial charge in [0.2, 0.25) is 5.91 Å². The van der Waals surface area contributed by atoms with Gasteiger partial charge in [-0.1, -0.05) is 25.0 Å². The number of hydrogen-bond donors (Lipinski definition) is 1. The van der Waals surface area contributed by atoms with Gasteiger partial charge in [0.1, 0.15) is 0 Å². The van der Waals surface area contributed by atoms with E-state index in [1.807, 2.05) is 24.3 Å². The Labute approximate surface area is 110 Å². The fraction of sp³-hybridized carbons (Fsp3) is 0.500. The second kappa shape index (κ2) is 4.45. The Balaban J connectivity index is 1.67. The summed E-state index contributed by atoms with van der Waals surface area (Å²) in [5.41, 5.74) is 0.890. The third-order valence-electron chi connectivity index (χ3n) is 4.09. The highest BCUT2D eigenvalue weighted by atomic mass is 79.9. The SMILES string of the molecule is O=C(Nc1ccccc1Br)C1C2CCCCC21. The summed E-state index contributed by atoms with van der Waals surface area (Å²) in [6, 6.07) is 7.79. The van der Waals surface area contributed by atoms with Crippen molar-refractivity contribution in [3.05, 3.63) is 28.7 Å². The molecule has 17 heavy (non-hydrogen) atoms. The molecule has 0 radical (unpaired) electrons. The van der Waals surface area contributed by atoms with Gasteiger partial charge in [-0.05, 0) is 52.7 Å². The Morgan fingerprint density at radius 3 is 2.47 bits per heavy atom. The van der Waals surface area contributed by atoms with E-state index in [4.69, 9.17) is 0 Å². The van der Waals surface area contributed by atoms with Crippen LogP contribution in [-0.4, -0.2) is 5.91 Å². The van der Waals surface area contributed by atoms with Crippen LogP contribution in [0.25, 0.3) is 0 Å². The first-order valence-electron chi connectivity index (χ1n) is 6.33. The van der Waals surface area contributed by atoms with Gasteiger partial charge in [0.15, 0.2) is 0 Å². The van der Waals surface area contributed by atoms with Crippen LogP contribution >= 0.6 is 15.9 Å². The number of halogens is 1. The van der Waals surface area contributed by atoms with Crippen LogP contribution < -0.4 is 5.32 Å². The highest BCUT2D eigenvalue weighted by Crippen LogP contribution is 2.55. The van der Waals surface area contributed by atoms with E-state index >= 15 is 0 Å². The van der Waals surface area contributed by atoms with Gasteiger partial charge in [0.25, 0.3) is 0 Å². The molecular formula is C14H16BrNO. The lowest BCUT2D eigenvalue weighted by molar-refractivity contribution is -0.117. The van der Waals surface area contributed by atoms with Gasteiger partial charge >= 0.3 is 0 Å². The zero-order valence-corrected chi connectivity index (χ0v) is 11.2. The molecule has 3 rings (SSSR count). The Bertz CT molecular complexity index is 434. The highest BCUT2D eigenvalue weighted by molar-refractivity contribution is 9.10. The molecule has 3 heteroatoms. The van der Waals surface area contributed by atoms with Crippen molar-refractivity contribution in [2.24, 2.45) is 17.8 Å². The zero-order valence-electron chi connectivity index (χ0n) is 9.66. The van der Waals surface area contributed by atoms with Gasteiger partial charge in [-0.25, -0.2) is 0 Å². The second-order valence-corrected chi connectivity index (χ2v) is 5.96. The molecule has 1 N–H and O–H groups in total. The van der Waals surface area contributed by atoms with E-state index in [-0.39, 0.29) is 11.8 Å². The van der Waals surface area contributed by atoms with E-state index in [9.17, 15) is 4.79 Å². The molecule has 2 unspecified atom stereocenters. The first-order chi connectivity index (χ1) is 8.27. The van der Waals surface area contributed by atoms with Crippen molar-refractivity contribution in [3.63, 3.8) is 0 Å². The van der Waals surface area contributed by atoms with Crippen LogP contribution in [0.15, 0.2) is 28.7 Å². The van der Waals surface area contributed by atoms with Gasteiger partial charge in [-0.2, -0.15) is 0 Å². The molecule has 2 atom stereocenters. The van der Waals surface area contributed by atoms with Crippen molar-refractivity contribution in [1.29, 1.82) is 0 Å². The first-order valence-corrected chi connectivity index (χ1v) is 7.12. The molecule has 0 aromatic heterocycles. The minimum atomic E-state index is 0.216. The minimum absolute atomic E-state index is 0.216. The molecule has 1 amide bonds. The molecule has 1 aromatic carbocycles. The summed E-state index contributed by atoms with van der Waals surface area (Å²) in [6.07, 6.45) is 5.11. The fourth-order valence-electron chi connectivity index (χ4n) is 3.16. The van der Waals surface area contributed by atoms with E-state index in [0.717, 1.165) is 10.2 Å². The summed E-state index contributed by atoms with van der Waals surface area (Å²) in [5, 5.41) is 3.04. The summed E-state index contributed by atoms with van der Waals surface area (Å²) >= 11 is 3.46. The molecule has 0 heterocycles. The van der Waals surface area contributed by atoms with Crippen LogP contribution in [-0.2, 0) is 4.79 Å². The van der Waals surface area contributed by atoms with Crippen LogP contribution in [0.5, 0.6) is 0 Å². The molecule has 2 aliphatic carbocycles. The maximum Gasteiger partial charge on any atom is 0.228 e. The van der Waals surface area contributed by atoms with Crippen LogP contribution in [0, 0.1) is 17.8 Å². The number of amides is 1. The fourth-order valence-corrected chi connectivity index (χ4v) is 3.54. The van der Waals surface area contributed by atoms with Crippen LogP contribution in [0.2, 0.25) is 0 Å². The number of carbonyl (C=O) groups excluding carboxylic acids is 1. The van der Waals surface area contributed by atoms with E-state index in [2.05, 4.69) is 21.2 Å². The molecule has 0 spiro atoms. The molecule has 2 fully saturated rings. The average Bonchev–Trinajstić information content (AvgIpc) is 3.06. The summed E-state index contributed by atoms with van der Waals surface area (Å²) in [4.78, 5) is 12.2. The van der Waals surface area contributed by atoms with Gasteiger partial charge in [0.05, 0.1) is 5.69 Å². The van der Waals surface area contributed by atoms with E-state index in [0.29, 0.717) is 11.8 Å². The number of rotatable bonds is 2. The number of para-hydroxylation sites is 1. The van der Waals surface area contributed by atoms with E-state index in [1.165, 1.54) is 25.7 Å². The highest BCUT2D eigenvalue weighted by Gasteiger charge is 2.54. The molecule has 2 nitrogen and oxygen atoms in total. The Morgan fingerprint density at radius 2 is 1.82 bits per heavy atom. The third kappa shape index (κ3) is 2.13. The van der Waals surface area contributed by atoms with Crippen molar-refractivity contribution >= 4 is 27.5 Å². The molecule has 0 aliphatic heterocycles. The molecule has 0 saturated heterocycles. The Morgan fingerprint density at radius 1 is 1.18 bits per heavy atom. The Kier molecular flexibility index (Phi) is 2.95. The maximum atomic E-state index is 12.2. The number of anilines is 1. The lowest BCUT2D eigenvalue weighted by Gasteiger charge is -2.06. The predicted octanol–water partition coefficient (Wildman–Crippen LogP) is 3.82. The van der Waals surface area contributed by atoms with Crippen molar-refractivity contribution < 1.29 is 4.79 Å². The molecule has 90 valence electrons. The topological polar surface area (TPSA) is 29.1 Å². The van der Waals surface area contributed by atoms with Gasteiger partial charge < -0.3 is 5.32 Å². The zero-order chi connectivity index (χ0) is 11.8. The van der Waals surface area contributed by atoms with E-state index < -0.39 is 0 Å². The lowest BCUT2D eigenvalue weighted by Crippen LogP contribution is -2.15. The quantitative estimate of drug-likeness (QED) is 0.882. The first kappa shape index (κ1) is 11.3. The van der Waals surface area contributed by atoms with Crippen LogP contribution in [0.4, 0.5) is 5.69 Å². The van der Waals surface area contributed by atoms with Gasteiger partial charge in [0, 0.05) is 10.4 Å².